The van der Waals surface area contributed by atoms with Gasteiger partial charge in [0.1, 0.15) is 11.5 Å². The van der Waals surface area contributed by atoms with Crippen molar-refractivity contribution in [2.24, 2.45) is 0 Å². The summed E-state index contributed by atoms with van der Waals surface area (Å²) in [7, 11) is 0. The van der Waals surface area contributed by atoms with Crippen LogP contribution in [0.5, 0.6) is 11.5 Å². The fourth-order valence-corrected chi connectivity index (χ4v) is 2.84. The molecule has 0 aliphatic heterocycles. The molecule has 1 amide bonds. The van der Waals surface area contributed by atoms with Crippen LogP contribution < -0.4 is 14.8 Å². The second-order valence-corrected chi connectivity index (χ2v) is 6.64. The van der Waals surface area contributed by atoms with E-state index in [2.05, 4.69) is 17.4 Å². The summed E-state index contributed by atoms with van der Waals surface area (Å²) in [6.45, 7) is 0.535. The molecule has 0 aliphatic rings. The molecule has 4 nitrogen and oxygen atoms in total. The van der Waals surface area contributed by atoms with Gasteiger partial charge < -0.3 is 14.8 Å². The molecule has 0 saturated carbocycles. The predicted octanol–water partition coefficient (Wildman–Crippen LogP) is 5.37. The number of anilines is 1. The first-order chi connectivity index (χ1) is 13.7. The van der Waals surface area contributed by atoms with Crippen molar-refractivity contribution >= 4 is 23.2 Å². The van der Waals surface area contributed by atoms with Gasteiger partial charge >= 0.3 is 0 Å². The summed E-state index contributed by atoms with van der Waals surface area (Å²) in [6, 6.07) is 24.7. The van der Waals surface area contributed by atoms with E-state index in [9.17, 15) is 4.79 Å². The smallest absolute Gasteiger partial charge is 0.262 e. The highest BCUT2D eigenvalue weighted by Gasteiger charge is 2.06. The predicted molar refractivity (Wildman–Crippen MR) is 112 cm³/mol. The lowest BCUT2D eigenvalue weighted by atomic mass is 10.1. The summed E-state index contributed by atoms with van der Waals surface area (Å²) in [5.74, 6) is 1.01. The maximum atomic E-state index is 12.0. The van der Waals surface area contributed by atoms with E-state index in [0.29, 0.717) is 23.1 Å². The number of rotatable bonds is 9. The number of hydrogen-bond acceptors (Lipinski definition) is 3. The number of halogens is 1. The number of carbonyl (C=O) groups is 1. The molecule has 3 rings (SSSR count). The Labute approximate surface area is 170 Å². The van der Waals surface area contributed by atoms with Crippen molar-refractivity contribution in [1.82, 2.24) is 0 Å². The first-order valence-corrected chi connectivity index (χ1v) is 9.52. The summed E-state index contributed by atoms with van der Waals surface area (Å²) in [4.78, 5) is 12.0. The number of amides is 1. The van der Waals surface area contributed by atoms with Gasteiger partial charge in [-0.15, -0.1) is 0 Å². The van der Waals surface area contributed by atoms with Crippen LogP contribution in [-0.4, -0.2) is 19.1 Å². The van der Waals surface area contributed by atoms with Crippen molar-refractivity contribution in [3.63, 3.8) is 0 Å². The minimum Gasteiger partial charge on any atom is -0.494 e. The number of aryl methyl sites for hydroxylation is 1. The van der Waals surface area contributed by atoms with Gasteiger partial charge in [0, 0.05) is 5.69 Å². The van der Waals surface area contributed by atoms with Crippen molar-refractivity contribution in [2.45, 2.75) is 12.8 Å². The average molecular weight is 396 g/mol. The lowest BCUT2D eigenvalue weighted by Crippen LogP contribution is -2.20. The molecule has 0 aliphatic carbocycles. The molecule has 5 heteroatoms. The Bertz CT molecular complexity index is 882. The molecular weight excluding hydrogens is 374 g/mol. The van der Waals surface area contributed by atoms with Crippen LogP contribution in [0.4, 0.5) is 5.69 Å². The van der Waals surface area contributed by atoms with E-state index < -0.39 is 0 Å². The number of nitrogens with one attached hydrogen (secondary N) is 1. The number of hydrogen-bond donors (Lipinski definition) is 1. The Morgan fingerprint density at radius 1 is 0.857 bits per heavy atom. The molecule has 3 aromatic carbocycles. The molecule has 0 bridgehead atoms. The fraction of sp³-hybridized carbons (Fsp3) is 0.174. The summed E-state index contributed by atoms with van der Waals surface area (Å²) in [6.07, 6.45) is 1.93. The lowest BCUT2D eigenvalue weighted by Gasteiger charge is -2.10. The van der Waals surface area contributed by atoms with E-state index in [0.717, 1.165) is 18.6 Å². The Morgan fingerprint density at radius 2 is 1.57 bits per heavy atom. The van der Waals surface area contributed by atoms with Crippen LogP contribution in [0.1, 0.15) is 12.0 Å². The normalized spacial score (nSPS) is 10.3. The standard InChI is InChI=1S/C23H22ClNO3/c24-21-10-4-5-11-22(21)28-17-23(26)25-19-12-14-20(15-13-19)27-16-6-9-18-7-2-1-3-8-18/h1-5,7-8,10-15H,6,9,16-17H2,(H,25,26). The van der Waals surface area contributed by atoms with Crippen molar-refractivity contribution in [3.05, 3.63) is 89.4 Å². The van der Waals surface area contributed by atoms with Crippen LogP contribution in [-0.2, 0) is 11.2 Å². The minimum atomic E-state index is -0.253. The van der Waals surface area contributed by atoms with Crippen LogP contribution in [0.2, 0.25) is 5.02 Å². The molecule has 0 spiro atoms. The first kappa shape index (κ1) is 19.8. The van der Waals surface area contributed by atoms with Crippen molar-refractivity contribution in [3.8, 4) is 11.5 Å². The third kappa shape index (κ3) is 6.32. The van der Waals surface area contributed by atoms with Gasteiger partial charge in [-0.2, -0.15) is 0 Å². The second kappa shape index (κ2) is 10.4. The molecule has 3 aromatic rings. The minimum absolute atomic E-state index is 0.110. The highest BCUT2D eigenvalue weighted by Crippen LogP contribution is 2.23. The van der Waals surface area contributed by atoms with Gasteiger partial charge in [-0.3, -0.25) is 4.79 Å². The lowest BCUT2D eigenvalue weighted by molar-refractivity contribution is -0.118. The van der Waals surface area contributed by atoms with Crippen LogP contribution in [0.25, 0.3) is 0 Å². The second-order valence-electron chi connectivity index (χ2n) is 6.23. The number of carbonyl (C=O) groups excluding carboxylic acids is 1. The number of benzene rings is 3. The highest BCUT2D eigenvalue weighted by atomic mass is 35.5. The van der Waals surface area contributed by atoms with Crippen molar-refractivity contribution in [2.75, 3.05) is 18.5 Å². The average Bonchev–Trinajstić information content (AvgIpc) is 2.72. The molecule has 0 heterocycles. The van der Waals surface area contributed by atoms with Crippen molar-refractivity contribution < 1.29 is 14.3 Å². The molecule has 0 saturated heterocycles. The van der Waals surface area contributed by atoms with Gasteiger partial charge in [-0.1, -0.05) is 54.1 Å². The molecule has 0 radical (unpaired) electrons. The van der Waals surface area contributed by atoms with Gasteiger partial charge in [-0.25, -0.2) is 0 Å². The zero-order valence-corrected chi connectivity index (χ0v) is 16.2. The Hall–Kier alpha value is -2.98. The van der Waals surface area contributed by atoms with E-state index in [1.165, 1.54) is 5.56 Å². The molecule has 0 unspecified atom stereocenters. The Kier molecular flexibility index (Phi) is 7.33. The van der Waals surface area contributed by atoms with Crippen LogP contribution in [0.3, 0.4) is 0 Å². The molecule has 28 heavy (non-hydrogen) atoms. The summed E-state index contributed by atoms with van der Waals surface area (Å²) in [5, 5.41) is 3.26. The SMILES string of the molecule is O=C(COc1ccccc1Cl)Nc1ccc(OCCCc2ccccc2)cc1. The Balaban J connectivity index is 1.39. The van der Waals surface area contributed by atoms with E-state index in [4.69, 9.17) is 21.1 Å². The molecule has 0 aromatic heterocycles. The maximum absolute atomic E-state index is 12.0. The van der Waals surface area contributed by atoms with Crippen LogP contribution in [0, 0.1) is 0 Å². The number of ether oxygens (including phenoxy) is 2. The largest absolute Gasteiger partial charge is 0.494 e. The van der Waals surface area contributed by atoms with E-state index in [1.54, 1.807) is 36.4 Å². The van der Waals surface area contributed by atoms with Gasteiger partial charge in [0.05, 0.1) is 11.6 Å². The van der Waals surface area contributed by atoms with Gasteiger partial charge in [0.2, 0.25) is 0 Å². The van der Waals surface area contributed by atoms with Crippen molar-refractivity contribution in [1.29, 1.82) is 0 Å². The van der Waals surface area contributed by atoms with E-state index >= 15 is 0 Å². The Morgan fingerprint density at radius 3 is 2.32 bits per heavy atom. The zero-order chi connectivity index (χ0) is 19.6. The summed E-state index contributed by atoms with van der Waals surface area (Å²) >= 11 is 6.00. The van der Waals surface area contributed by atoms with E-state index in [1.807, 2.05) is 30.3 Å². The molecule has 0 atom stereocenters. The monoisotopic (exact) mass is 395 g/mol. The van der Waals surface area contributed by atoms with Crippen LogP contribution >= 0.6 is 11.6 Å². The van der Waals surface area contributed by atoms with E-state index in [-0.39, 0.29) is 12.5 Å². The third-order valence-corrected chi connectivity index (χ3v) is 4.37. The zero-order valence-electron chi connectivity index (χ0n) is 15.4. The fourth-order valence-electron chi connectivity index (χ4n) is 2.65. The molecule has 0 fully saturated rings. The van der Waals surface area contributed by atoms with Gasteiger partial charge in [0.15, 0.2) is 6.61 Å². The summed E-state index contributed by atoms with van der Waals surface area (Å²) < 4.78 is 11.2. The molecular formula is C23H22ClNO3. The number of para-hydroxylation sites is 1. The van der Waals surface area contributed by atoms with Gasteiger partial charge in [0.25, 0.3) is 5.91 Å². The quantitative estimate of drug-likeness (QED) is 0.495. The topological polar surface area (TPSA) is 47.6 Å². The third-order valence-electron chi connectivity index (χ3n) is 4.05. The van der Waals surface area contributed by atoms with Gasteiger partial charge in [-0.05, 0) is 54.8 Å². The maximum Gasteiger partial charge on any atom is 0.262 e. The molecule has 1 N–H and O–H groups in total. The van der Waals surface area contributed by atoms with Crippen LogP contribution in [0.15, 0.2) is 78.9 Å². The summed E-state index contributed by atoms with van der Waals surface area (Å²) in [5.41, 5.74) is 1.99. The molecule has 144 valence electrons. The highest BCUT2D eigenvalue weighted by molar-refractivity contribution is 6.32. The first-order valence-electron chi connectivity index (χ1n) is 9.15.